The molecule has 2 N–H and O–H groups in total. The zero-order valence-corrected chi connectivity index (χ0v) is 7.12. The molecule has 1 aliphatic carbocycles. The molecule has 4 nitrogen and oxygen atoms in total. The second-order valence-corrected chi connectivity index (χ2v) is 3.22. The van der Waals surface area contributed by atoms with E-state index in [9.17, 15) is 15.0 Å². The Morgan fingerprint density at radius 3 is 2.67 bits per heavy atom. The largest absolute Gasteiger partial charge is 0.457 e. The van der Waals surface area contributed by atoms with Gasteiger partial charge in [-0.2, -0.15) is 0 Å². The molecular weight excluding hydrogens is 160 g/mol. The van der Waals surface area contributed by atoms with Crippen LogP contribution in [0.3, 0.4) is 0 Å². The normalized spacial score (nSPS) is 28.1. The summed E-state index contributed by atoms with van der Waals surface area (Å²) < 4.78 is 4.77. The zero-order valence-electron chi connectivity index (χ0n) is 7.12. The number of hydrogen-bond donors (Lipinski definition) is 2. The molecule has 0 spiro atoms. The molecule has 0 amide bonds. The Morgan fingerprint density at radius 2 is 2.17 bits per heavy atom. The summed E-state index contributed by atoms with van der Waals surface area (Å²) in [6, 6.07) is 0. The SMILES string of the molecule is CC(=O)OC1CCCCC1(O)O. The van der Waals surface area contributed by atoms with Crippen molar-refractivity contribution in [3.63, 3.8) is 0 Å². The third kappa shape index (κ3) is 2.19. The monoisotopic (exact) mass is 174 g/mol. The van der Waals surface area contributed by atoms with Crippen LogP contribution in [0.4, 0.5) is 0 Å². The molecule has 0 aliphatic heterocycles. The van der Waals surface area contributed by atoms with Crippen molar-refractivity contribution in [3.8, 4) is 0 Å². The van der Waals surface area contributed by atoms with E-state index in [2.05, 4.69) is 0 Å². The summed E-state index contributed by atoms with van der Waals surface area (Å²) in [4.78, 5) is 10.6. The highest BCUT2D eigenvalue weighted by Crippen LogP contribution is 2.28. The van der Waals surface area contributed by atoms with Gasteiger partial charge in [0, 0.05) is 13.3 Å². The van der Waals surface area contributed by atoms with E-state index in [0.717, 1.165) is 12.8 Å². The zero-order chi connectivity index (χ0) is 9.19. The van der Waals surface area contributed by atoms with Gasteiger partial charge in [0.2, 0.25) is 5.79 Å². The van der Waals surface area contributed by atoms with Gasteiger partial charge in [0.1, 0.15) is 0 Å². The van der Waals surface area contributed by atoms with Gasteiger partial charge in [-0.05, 0) is 19.3 Å². The van der Waals surface area contributed by atoms with Crippen LogP contribution in [0.25, 0.3) is 0 Å². The van der Waals surface area contributed by atoms with Crippen molar-refractivity contribution in [1.29, 1.82) is 0 Å². The summed E-state index contributed by atoms with van der Waals surface area (Å²) in [7, 11) is 0. The van der Waals surface area contributed by atoms with Crippen LogP contribution in [-0.2, 0) is 9.53 Å². The van der Waals surface area contributed by atoms with Crippen LogP contribution in [0.1, 0.15) is 32.6 Å². The molecule has 1 fully saturated rings. The highest BCUT2D eigenvalue weighted by molar-refractivity contribution is 5.66. The molecule has 4 heteroatoms. The predicted octanol–water partition coefficient (Wildman–Crippen LogP) is 0.173. The summed E-state index contributed by atoms with van der Waals surface area (Å²) in [5.74, 6) is -2.28. The first kappa shape index (κ1) is 9.48. The van der Waals surface area contributed by atoms with Gasteiger partial charge in [0.05, 0.1) is 0 Å². The summed E-state index contributed by atoms with van der Waals surface area (Å²) in [5, 5.41) is 18.7. The fraction of sp³-hybridized carbons (Fsp3) is 0.875. The van der Waals surface area contributed by atoms with Gasteiger partial charge in [0.15, 0.2) is 6.10 Å². The van der Waals surface area contributed by atoms with Crippen molar-refractivity contribution in [2.45, 2.75) is 44.5 Å². The number of ether oxygens (including phenoxy) is 1. The van der Waals surface area contributed by atoms with E-state index in [1.807, 2.05) is 0 Å². The fourth-order valence-corrected chi connectivity index (χ4v) is 1.46. The van der Waals surface area contributed by atoms with Gasteiger partial charge < -0.3 is 14.9 Å². The van der Waals surface area contributed by atoms with Crippen LogP contribution < -0.4 is 0 Å². The third-order valence-corrected chi connectivity index (χ3v) is 2.08. The summed E-state index contributed by atoms with van der Waals surface area (Å²) >= 11 is 0. The number of carbonyl (C=O) groups is 1. The molecule has 0 saturated heterocycles. The molecule has 0 bridgehead atoms. The quantitative estimate of drug-likeness (QED) is 0.439. The minimum atomic E-state index is -1.82. The van der Waals surface area contributed by atoms with Crippen LogP contribution in [0.5, 0.6) is 0 Å². The Balaban J connectivity index is 2.54. The Morgan fingerprint density at radius 1 is 1.50 bits per heavy atom. The lowest BCUT2D eigenvalue weighted by atomic mass is 9.91. The molecule has 1 saturated carbocycles. The molecule has 70 valence electrons. The van der Waals surface area contributed by atoms with Crippen LogP contribution in [0.2, 0.25) is 0 Å². The van der Waals surface area contributed by atoms with Crippen LogP contribution >= 0.6 is 0 Å². The lowest BCUT2D eigenvalue weighted by molar-refractivity contribution is -0.249. The molecule has 0 aromatic heterocycles. The van der Waals surface area contributed by atoms with E-state index < -0.39 is 17.9 Å². The Bertz CT molecular complexity index is 176. The number of hydrogen-bond acceptors (Lipinski definition) is 4. The average Bonchev–Trinajstić information content (AvgIpc) is 1.92. The van der Waals surface area contributed by atoms with E-state index in [1.165, 1.54) is 6.92 Å². The van der Waals surface area contributed by atoms with Gasteiger partial charge >= 0.3 is 5.97 Å². The summed E-state index contributed by atoms with van der Waals surface area (Å²) in [5.41, 5.74) is 0. The average molecular weight is 174 g/mol. The second kappa shape index (κ2) is 3.41. The van der Waals surface area contributed by atoms with Gasteiger partial charge in [0.25, 0.3) is 0 Å². The third-order valence-electron chi connectivity index (χ3n) is 2.08. The van der Waals surface area contributed by atoms with Crippen LogP contribution in [0.15, 0.2) is 0 Å². The van der Waals surface area contributed by atoms with Gasteiger partial charge in [-0.1, -0.05) is 0 Å². The maximum Gasteiger partial charge on any atom is 0.303 e. The molecule has 12 heavy (non-hydrogen) atoms. The van der Waals surface area contributed by atoms with Crippen molar-refractivity contribution in [1.82, 2.24) is 0 Å². The van der Waals surface area contributed by atoms with Crippen molar-refractivity contribution in [3.05, 3.63) is 0 Å². The standard InChI is InChI=1S/C8H14O4/c1-6(9)12-7-4-2-3-5-8(7,10)11/h7,10-11H,2-5H2,1H3. The maximum absolute atomic E-state index is 10.6. The van der Waals surface area contributed by atoms with E-state index in [0.29, 0.717) is 6.42 Å². The maximum atomic E-state index is 10.6. The number of rotatable bonds is 1. The predicted molar refractivity (Wildman–Crippen MR) is 41.2 cm³/mol. The van der Waals surface area contributed by atoms with E-state index in [-0.39, 0.29) is 6.42 Å². The van der Waals surface area contributed by atoms with Crippen molar-refractivity contribution in [2.75, 3.05) is 0 Å². The number of aliphatic hydroxyl groups is 2. The van der Waals surface area contributed by atoms with E-state index in [4.69, 9.17) is 4.74 Å². The number of carbonyl (C=O) groups excluding carboxylic acids is 1. The minimum absolute atomic E-state index is 0.283. The second-order valence-electron chi connectivity index (χ2n) is 3.22. The smallest absolute Gasteiger partial charge is 0.303 e. The lowest BCUT2D eigenvalue weighted by Gasteiger charge is -2.34. The van der Waals surface area contributed by atoms with E-state index in [1.54, 1.807) is 0 Å². The molecule has 0 radical (unpaired) electrons. The number of esters is 1. The van der Waals surface area contributed by atoms with E-state index >= 15 is 0 Å². The minimum Gasteiger partial charge on any atom is -0.457 e. The lowest BCUT2D eigenvalue weighted by Crippen LogP contribution is -2.46. The van der Waals surface area contributed by atoms with Crippen LogP contribution in [-0.4, -0.2) is 28.1 Å². The van der Waals surface area contributed by atoms with Crippen molar-refractivity contribution >= 4 is 5.97 Å². The van der Waals surface area contributed by atoms with Crippen molar-refractivity contribution < 1.29 is 19.7 Å². The Hall–Kier alpha value is -0.610. The molecule has 0 aromatic carbocycles. The summed E-state index contributed by atoms with van der Waals surface area (Å²) in [6.45, 7) is 1.27. The molecule has 1 aliphatic rings. The molecular formula is C8H14O4. The molecule has 1 atom stereocenters. The fourth-order valence-electron chi connectivity index (χ4n) is 1.46. The van der Waals surface area contributed by atoms with Gasteiger partial charge in [-0.25, -0.2) is 0 Å². The molecule has 0 aromatic rings. The molecule has 0 heterocycles. The first-order valence-corrected chi connectivity index (χ1v) is 4.14. The van der Waals surface area contributed by atoms with Gasteiger partial charge in [-0.3, -0.25) is 4.79 Å². The Labute approximate surface area is 71.2 Å². The Kier molecular flexibility index (Phi) is 2.69. The van der Waals surface area contributed by atoms with Gasteiger partial charge in [-0.15, -0.1) is 0 Å². The highest BCUT2D eigenvalue weighted by atomic mass is 16.6. The first-order chi connectivity index (χ1) is 5.52. The summed E-state index contributed by atoms with van der Waals surface area (Å²) in [6.07, 6.45) is 1.71. The molecule has 1 rings (SSSR count). The topological polar surface area (TPSA) is 66.8 Å². The highest BCUT2D eigenvalue weighted by Gasteiger charge is 2.39. The van der Waals surface area contributed by atoms with Crippen molar-refractivity contribution in [2.24, 2.45) is 0 Å². The first-order valence-electron chi connectivity index (χ1n) is 4.14. The van der Waals surface area contributed by atoms with Crippen LogP contribution in [0, 0.1) is 0 Å². The molecule has 1 unspecified atom stereocenters.